The Kier molecular flexibility index (Phi) is 4.94. The largest absolute Gasteiger partial charge is 0.466 e. The van der Waals surface area contributed by atoms with Crippen LogP contribution in [0.5, 0.6) is 0 Å². The number of aromatic nitrogens is 2. The minimum atomic E-state index is -0.111. The molecule has 0 radical (unpaired) electrons. The summed E-state index contributed by atoms with van der Waals surface area (Å²) in [6.45, 7) is 12.2. The first-order valence-corrected chi connectivity index (χ1v) is 10.0. The predicted octanol–water partition coefficient (Wildman–Crippen LogP) is 5.69. The van der Waals surface area contributed by atoms with Crippen LogP contribution in [0.2, 0.25) is 0 Å². The second kappa shape index (κ2) is 7.44. The molecule has 0 aliphatic carbocycles. The van der Waals surface area contributed by atoms with Crippen LogP contribution in [0, 0.1) is 34.6 Å². The Morgan fingerprint density at radius 3 is 2.30 bits per heavy atom. The van der Waals surface area contributed by atoms with Crippen molar-refractivity contribution in [1.82, 2.24) is 10.1 Å². The monoisotopic (exact) mass is 403 g/mol. The Morgan fingerprint density at radius 2 is 1.70 bits per heavy atom. The fourth-order valence-corrected chi connectivity index (χ4v) is 3.98. The summed E-state index contributed by atoms with van der Waals surface area (Å²) in [5.41, 5.74) is 6.08. The Bertz CT molecular complexity index is 1250. The summed E-state index contributed by atoms with van der Waals surface area (Å²) in [5, 5.41) is 4.70. The van der Waals surface area contributed by atoms with Crippen LogP contribution < -0.4 is 4.90 Å². The van der Waals surface area contributed by atoms with E-state index in [-0.39, 0.29) is 5.91 Å². The Hall–Kier alpha value is -3.41. The van der Waals surface area contributed by atoms with Crippen molar-refractivity contribution in [2.75, 3.05) is 11.4 Å². The molecule has 30 heavy (non-hydrogen) atoms. The molecule has 3 aromatic heterocycles. The van der Waals surface area contributed by atoms with E-state index in [0.717, 1.165) is 33.9 Å². The number of hydrogen-bond donors (Lipinski definition) is 0. The van der Waals surface area contributed by atoms with Gasteiger partial charge in [-0.1, -0.05) is 11.2 Å². The number of furan rings is 1. The van der Waals surface area contributed by atoms with E-state index in [2.05, 4.69) is 16.2 Å². The van der Waals surface area contributed by atoms with Crippen molar-refractivity contribution >= 4 is 22.7 Å². The minimum Gasteiger partial charge on any atom is -0.466 e. The van der Waals surface area contributed by atoms with Crippen LogP contribution >= 0.6 is 0 Å². The molecule has 0 aliphatic heterocycles. The highest BCUT2D eigenvalue weighted by Gasteiger charge is 2.25. The van der Waals surface area contributed by atoms with Gasteiger partial charge in [0.2, 0.25) is 0 Å². The number of aryl methyl sites for hydroxylation is 5. The summed E-state index contributed by atoms with van der Waals surface area (Å²) in [6, 6.07) is 9.88. The first-order valence-electron chi connectivity index (χ1n) is 10.0. The van der Waals surface area contributed by atoms with Crippen molar-refractivity contribution in [2.45, 2.75) is 41.5 Å². The molecule has 0 spiro atoms. The maximum atomic E-state index is 13.7. The average Bonchev–Trinajstić information content (AvgIpc) is 3.22. The number of fused-ring (bicyclic) bond motifs is 1. The third-order valence-corrected chi connectivity index (χ3v) is 5.24. The van der Waals surface area contributed by atoms with E-state index in [1.165, 1.54) is 0 Å². The summed E-state index contributed by atoms with van der Waals surface area (Å²) in [5.74, 6) is 1.42. The lowest BCUT2D eigenvalue weighted by atomic mass is 10.0. The lowest BCUT2D eigenvalue weighted by Crippen LogP contribution is -2.31. The normalized spacial score (nSPS) is 11.3. The highest BCUT2D eigenvalue weighted by atomic mass is 16.5. The number of carbonyl (C=O) groups is 1. The van der Waals surface area contributed by atoms with Gasteiger partial charge in [-0.2, -0.15) is 0 Å². The highest BCUT2D eigenvalue weighted by Crippen LogP contribution is 2.32. The fraction of sp³-hybridized carbons (Fsp3) is 0.292. The Labute approximate surface area is 175 Å². The molecular formula is C24H25N3O3. The second-order valence-electron chi connectivity index (χ2n) is 7.73. The third kappa shape index (κ3) is 3.38. The molecule has 6 heteroatoms. The Balaban J connectivity index is 1.90. The molecule has 0 unspecified atom stereocenters. The molecule has 0 aliphatic rings. The Morgan fingerprint density at radius 1 is 1.00 bits per heavy atom. The van der Waals surface area contributed by atoms with Crippen molar-refractivity contribution in [1.29, 1.82) is 0 Å². The topological polar surface area (TPSA) is 72.4 Å². The molecule has 0 saturated carbocycles. The van der Waals surface area contributed by atoms with Gasteiger partial charge in [-0.05, 0) is 76.9 Å². The van der Waals surface area contributed by atoms with Crippen LogP contribution in [0.25, 0.3) is 22.4 Å². The van der Waals surface area contributed by atoms with Gasteiger partial charge in [-0.3, -0.25) is 4.79 Å². The van der Waals surface area contributed by atoms with Crippen molar-refractivity contribution in [3.63, 3.8) is 0 Å². The number of rotatable bonds is 4. The van der Waals surface area contributed by atoms with Gasteiger partial charge in [-0.25, -0.2) is 4.98 Å². The van der Waals surface area contributed by atoms with Crippen molar-refractivity contribution in [2.24, 2.45) is 0 Å². The zero-order valence-corrected chi connectivity index (χ0v) is 18.2. The average molecular weight is 403 g/mol. The van der Waals surface area contributed by atoms with E-state index >= 15 is 0 Å². The zero-order chi connectivity index (χ0) is 21.6. The lowest BCUT2D eigenvalue weighted by Gasteiger charge is -2.22. The number of pyridine rings is 1. The van der Waals surface area contributed by atoms with Gasteiger partial charge in [0, 0.05) is 17.8 Å². The molecule has 0 atom stereocenters. The molecule has 154 valence electrons. The van der Waals surface area contributed by atoms with Gasteiger partial charge in [0.1, 0.15) is 11.5 Å². The summed E-state index contributed by atoms with van der Waals surface area (Å²) < 4.78 is 11.1. The van der Waals surface area contributed by atoms with Gasteiger partial charge in [-0.15, -0.1) is 0 Å². The predicted molar refractivity (Wildman–Crippen MR) is 117 cm³/mol. The SMILES string of the molecule is CCN(C(=O)c1cc(-c2cc(C)oc2C)nc2onc(C)c12)c1cc(C)cc(C)c1. The molecule has 0 fully saturated rings. The summed E-state index contributed by atoms with van der Waals surface area (Å²) in [4.78, 5) is 20.1. The fourth-order valence-electron chi connectivity index (χ4n) is 3.98. The van der Waals surface area contributed by atoms with Gasteiger partial charge in [0.05, 0.1) is 22.3 Å². The van der Waals surface area contributed by atoms with Gasteiger partial charge < -0.3 is 13.8 Å². The minimum absolute atomic E-state index is 0.111. The van der Waals surface area contributed by atoms with Crippen molar-refractivity contribution in [3.05, 3.63) is 64.2 Å². The molecule has 4 rings (SSSR count). The number of benzene rings is 1. The number of carbonyl (C=O) groups excluding carboxylic acids is 1. The van der Waals surface area contributed by atoms with E-state index in [0.29, 0.717) is 34.6 Å². The number of nitrogens with zero attached hydrogens (tertiary/aromatic N) is 3. The third-order valence-electron chi connectivity index (χ3n) is 5.24. The molecule has 3 heterocycles. The highest BCUT2D eigenvalue weighted by molar-refractivity contribution is 6.14. The molecule has 1 amide bonds. The first kappa shape index (κ1) is 19.9. The molecule has 4 aromatic rings. The van der Waals surface area contributed by atoms with E-state index in [4.69, 9.17) is 8.94 Å². The smallest absolute Gasteiger partial charge is 0.259 e. The first-order chi connectivity index (χ1) is 14.3. The number of anilines is 1. The summed E-state index contributed by atoms with van der Waals surface area (Å²) >= 11 is 0. The van der Waals surface area contributed by atoms with E-state index in [9.17, 15) is 4.79 Å². The lowest BCUT2D eigenvalue weighted by molar-refractivity contribution is 0.0989. The van der Waals surface area contributed by atoms with E-state index < -0.39 is 0 Å². The van der Waals surface area contributed by atoms with Gasteiger partial charge in [0.25, 0.3) is 11.6 Å². The molecule has 1 aromatic carbocycles. The molecular weight excluding hydrogens is 378 g/mol. The van der Waals surface area contributed by atoms with Crippen LogP contribution in [0.3, 0.4) is 0 Å². The zero-order valence-electron chi connectivity index (χ0n) is 18.2. The molecule has 6 nitrogen and oxygen atoms in total. The van der Waals surface area contributed by atoms with Crippen LogP contribution in [0.4, 0.5) is 5.69 Å². The van der Waals surface area contributed by atoms with E-state index in [1.54, 1.807) is 4.90 Å². The number of amides is 1. The molecule has 0 N–H and O–H groups in total. The standard InChI is InChI=1S/C24H25N3O3/c1-7-27(18-9-13(2)8-14(3)10-18)24(28)20-12-21(19-11-15(4)29-17(19)6)25-23-22(20)16(5)26-30-23/h8-12H,7H2,1-6H3. The number of hydrogen-bond acceptors (Lipinski definition) is 5. The van der Waals surface area contributed by atoms with Crippen molar-refractivity contribution < 1.29 is 13.7 Å². The quantitative estimate of drug-likeness (QED) is 0.437. The molecule has 0 bridgehead atoms. The van der Waals surface area contributed by atoms with Crippen LogP contribution in [-0.2, 0) is 0 Å². The maximum Gasteiger partial charge on any atom is 0.259 e. The van der Waals surface area contributed by atoms with Crippen LogP contribution in [0.15, 0.2) is 39.3 Å². The van der Waals surface area contributed by atoms with Gasteiger partial charge in [0.15, 0.2) is 0 Å². The van der Waals surface area contributed by atoms with Crippen molar-refractivity contribution in [3.8, 4) is 11.3 Å². The van der Waals surface area contributed by atoms with Crippen LogP contribution in [-0.4, -0.2) is 22.6 Å². The summed E-state index contributed by atoms with van der Waals surface area (Å²) in [7, 11) is 0. The van der Waals surface area contributed by atoms with Crippen LogP contribution in [0.1, 0.15) is 45.6 Å². The summed E-state index contributed by atoms with van der Waals surface area (Å²) in [6.07, 6.45) is 0. The van der Waals surface area contributed by atoms with E-state index in [1.807, 2.05) is 65.8 Å². The van der Waals surface area contributed by atoms with Gasteiger partial charge >= 0.3 is 0 Å². The molecule has 0 saturated heterocycles. The second-order valence-corrected chi connectivity index (χ2v) is 7.73. The maximum absolute atomic E-state index is 13.7.